The van der Waals surface area contributed by atoms with Crippen LogP contribution in [0.4, 0.5) is 0 Å². The SMILES string of the molecule is Cc1[nH]ncc1CNC(=O)c1ccncc1C#CCCO. The Kier molecular flexibility index (Phi) is 5.07. The van der Waals surface area contributed by atoms with Crippen molar-refractivity contribution < 1.29 is 9.90 Å². The Hall–Kier alpha value is -2.65. The number of pyridine rings is 1. The molecule has 108 valence electrons. The lowest BCUT2D eigenvalue weighted by molar-refractivity contribution is 0.0950. The predicted molar refractivity (Wildman–Crippen MR) is 77.3 cm³/mol. The van der Waals surface area contributed by atoms with Gasteiger partial charge in [0.15, 0.2) is 0 Å². The zero-order valence-electron chi connectivity index (χ0n) is 11.7. The highest BCUT2D eigenvalue weighted by molar-refractivity contribution is 5.96. The lowest BCUT2D eigenvalue weighted by atomic mass is 10.1. The van der Waals surface area contributed by atoms with Gasteiger partial charge in [-0.3, -0.25) is 14.9 Å². The van der Waals surface area contributed by atoms with Gasteiger partial charge in [0.1, 0.15) is 0 Å². The number of rotatable bonds is 4. The van der Waals surface area contributed by atoms with E-state index in [2.05, 4.69) is 32.3 Å². The Morgan fingerprint density at radius 2 is 2.33 bits per heavy atom. The van der Waals surface area contributed by atoms with Gasteiger partial charge in [0, 0.05) is 36.6 Å². The molecule has 2 aromatic rings. The average molecular weight is 284 g/mol. The lowest BCUT2D eigenvalue weighted by Gasteiger charge is -2.06. The quantitative estimate of drug-likeness (QED) is 0.723. The Balaban J connectivity index is 2.09. The molecule has 0 saturated carbocycles. The summed E-state index contributed by atoms with van der Waals surface area (Å²) in [5, 5.41) is 18.3. The van der Waals surface area contributed by atoms with Crippen LogP contribution in [0.5, 0.6) is 0 Å². The number of carbonyl (C=O) groups excluding carboxylic acids is 1. The molecular weight excluding hydrogens is 268 g/mol. The van der Waals surface area contributed by atoms with Crippen LogP contribution in [0.2, 0.25) is 0 Å². The first kappa shape index (κ1) is 14.8. The average Bonchev–Trinajstić information content (AvgIpc) is 2.91. The van der Waals surface area contributed by atoms with Crippen molar-refractivity contribution in [1.29, 1.82) is 0 Å². The van der Waals surface area contributed by atoms with Crippen LogP contribution in [0, 0.1) is 18.8 Å². The van der Waals surface area contributed by atoms with Crippen LogP contribution in [0.25, 0.3) is 0 Å². The molecule has 0 spiro atoms. The van der Waals surface area contributed by atoms with E-state index in [0.717, 1.165) is 11.3 Å². The molecule has 1 amide bonds. The van der Waals surface area contributed by atoms with E-state index in [9.17, 15) is 4.79 Å². The largest absolute Gasteiger partial charge is 0.395 e. The fraction of sp³-hybridized carbons (Fsp3) is 0.267. The maximum absolute atomic E-state index is 12.2. The van der Waals surface area contributed by atoms with Gasteiger partial charge in [-0.2, -0.15) is 5.10 Å². The third kappa shape index (κ3) is 3.91. The first-order chi connectivity index (χ1) is 10.2. The van der Waals surface area contributed by atoms with Crippen LogP contribution in [0.1, 0.15) is 33.6 Å². The Bertz CT molecular complexity index is 682. The summed E-state index contributed by atoms with van der Waals surface area (Å²) in [6.45, 7) is 2.29. The monoisotopic (exact) mass is 284 g/mol. The van der Waals surface area contributed by atoms with Crippen LogP contribution >= 0.6 is 0 Å². The number of nitrogens with one attached hydrogen (secondary N) is 2. The van der Waals surface area contributed by atoms with Gasteiger partial charge in [-0.1, -0.05) is 11.8 Å². The maximum atomic E-state index is 12.2. The van der Waals surface area contributed by atoms with Crippen molar-refractivity contribution in [3.05, 3.63) is 47.0 Å². The summed E-state index contributed by atoms with van der Waals surface area (Å²) >= 11 is 0. The smallest absolute Gasteiger partial charge is 0.252 e. The molecule has 0 saturated heterocycles. The third-order valence-electron chi connectivity index (χ3n) is 2.90. The van der Waals surface area contributed by atoms with Gasteiger partial charge in [-0.25, -0.2) is 0 Å². The van der Waals surface area contributed by atoms with Gasteiger partial charge in [-0.05, 0) is 13.0 Å². The van der Waals surface area contributed by atoms with Gasteiger partial charge in [-0.15, -0.1) is 0 Å². The molecule has 2 aromatic heterocycles. The molecule has 0 aliphatic rings. The second kappa shape index (κ2) is 7.22. The van der Waals surface area contributed by atoms with Crippen LogP contribution in [0.3, 0.4) is 0 Å². The number of aryl methyl sites for hydroxylation is 1. The molecule has 0 fully saturated rings. The number of hydrogen-bond acceptors (Lipinski definition) is 4. The molecule has 6 heteroatoms. The molecule has 0 radical (unpaired) electrons. The minimum atomic E-state index is -0.216. The van der Waals surface area contributed by atoms with Gasteiger partial charge in [0.25, 0.3) is 5.91 Å². The normalized spacial score (nSPS) is 9.81. The van der Waals surface area contributed by atoms with Gasteiger partial charge in [0.2, 0.25) is 0 Å². The van der Waals surface area contributed by atoms with Crippen LogP contribution < -0.4 is 5.32 Å². The van der Waals surface area contributed by atoms with E-state index in [1.807, 2.05) is 6.92 Å². The summed E-state index contributed by atoms with van der Waals surface area (Å²) in [5.74, 6) is 5.42. The van der Waals surface area contributed by atoms with Crippen molar-refractivity contribution in [3.63, 3.8) is 0 Å². The predicted octanol–water partition coefficient (Wildman–Crippen LogP) is 0.777. The molecular formula is C15H16N4O2. The number of aliphatic hydroxyl groups excluding tert-OH is 1. The van der Waals surface area contributed by atoms with Crippen molar-refractivity contribution in [2.75, 3.05) is 6.61 Å². The van der Waals surface area contributed by atoms with Crippen molar-refractivity contribution in [1.82, 2.24) is 20.5 Å². The van der Waals surface area contributed by atoms with Gasteiger partial charge in [0.05, 0.1) is 23.9 Å². The Morgan fingerprint density at radius 3 is 3.05 bits per heavy atom. The first-order valence-corrected chi connectivity index (χ1v) is 6.53. The van der Waals surface area contributed by atoms with E-state index in [1.54, 1.807) is 24.7 Å². The van der Waals surface area contributed by atoms with Crippen molar-refractivity contribution >= 4 is 5.91 Å². The van der Waals surface area contributed by atoms with Gasteiger partial charge < -0.3 is 10.4 Å². The minimum absolute atomic E-state index is 0.00540. The lowest BCUT2D eigenvalue weighted by Crippen LogP contribution is -2.24. The highest BCUT2D eigenvalue weighted by Gasteiger charge is 2.10. The molecule has 21 heavy (non-hydrogen) atoms. The number of amides is 1. The van der Waals surface area contributed by atoms with Gasteiger partial charge >= 0.3 is 0 Å². The van der Waals surface area contributed by atoms with E-state index in [-0.39, 0.29) is 12.5 Å². The van der Waals surface area contributed by atoms with E-state index in [0.29, 0.717) is 24.1 Å². The highest BCUT2D eigenvalue weighted by atomic mass is 16.2. The summed E-state index contributed by atoms with van der Waals surface area (Å²) in [4.78, 5) is 16.2. The number of hydrogen-bond donors (Lipinski definition) is 3. The van der Waals surface area contributed by atoms with Crippen molar-refractivity contribution in [2.24, 2.45) is 0 Å². The molecule has 0 bridgehead atoms. The highest BCUT2D eigenvalue weighted by Crippen LogP contribution is 2.07. The number of aliphatic hydroxyl groups is 1. The van der Waals surface area contributed by atoms with Crippen molar-refractivity contribution in [3.8, 4) is 11.8 Å². The van der Waals surface area contributed by atoms with E-state index in [1.165, 1.54) is 0 Å². The van der Waals surface area contributed by atoms with Crippen molar-refractivity contribution in [2.45, 2.75) is 19.9 Å². The van der Waals surface area contributed by atoms with E-state index in [4.69, 9.17) is 5.11 Å². The zero-order valence-corrected chi connectivity index (χ0v) is 11.7. The number of H-pyrrole nitrogens is 1. The first-order valence-electron chi connectivity index (χ1n) is 6.53. The Labute approximate surface area is 122 Å². The van der Waals surface area contributed by atoms with E-state index < -0.39 is 0 Å². The molecule has 3 N–H and O–H groups in total. The number of aromatic nitrogens is 3. The van der Waals surface area contributed by atoms with E-state index >= 15 is 0 Å². The molecule has 2 heterocycles. The van der Waals surface area contributed by atoms with Crippen LogP contribution in [-0.4, -0.2) is 32.8 Å². The molecule has 0 aliphatic heterocycles. The van der Waals surface area contributed by atoms with Crippen LogP contribution in [0.15, 0.2) is 24.7 Å². The second-order valence-corrected chi connectivity index (χ2v) is 4.40. The minimum Gasteiger partial charge on any atom is -0.395 e. The molecule has 0 unspecified atom stereocenters. The zero-order chi connectivity index (χ0) is 15.1. The number of aromatic amines is 1. The Morgan fingerprint density at radius 1 is 1.48 bits per heavy atom. The maximum Gasteiger partial charge on any atom is 0.252 e. The summed E-state index contributed by atoms with van der Waals surface area (Å²) in [6, 6.07) is 1.63. The summed E-state index contributed by atoms with van der Waals surface area (Å²) in [5.41, 5.74) is 2.88. The summed E-state index contributed by atoms with van der Waals surface area (Å²) < 4.78 is 0. The fourth-order valence-electron chi connectivity index (χ4n) is 1.73. The molecule has 0 aliphatic carbocycles. The fourth-order valence-corrected chi connectivity index (χ4v) is 1.73. The molecule has 0 aromatic carbocycles. The summed E-state index contributed by atoms with van der Waals surface area (Å²) in [7, 11) is 0. The molecule has 6 nitrogen and oxygen atoms in total. The number of carbonyl (C=O) groups is 1. The molecule has 0 atom stereocenters. The standard InChI is InChI=1S/C15H16N4O2/c1-11-13(10-18-19-11)9-17-15(21)14-5-6-16-8-12(14)4-2-3-7-20/h5-6,8,10,20H,3,7,9H2,1H3,(H,17,21)(H,18,19). The third-order valence-corrected chi connectivity index (χ3v) is 2.90. The molecule has 2 rings (SSSR count). The van der Waals surface area contributed by atoms with Crippen LogP contribution in [-0.2, 0) is 6.54 Å². The number of nitrogens with zero attached hydrogens (tertiary/aromatic N) is 2. The summed E-state index contributed by atoms with van der Waals surface area (Å²) in [6.07, 6.45) is 5.14. The topological polar surface area (TPSA) is 90.9 Å². The second-order valence-electron chi connectivity index (χ2n) is 4.40.